The number of carbonyl (C=O) groups is 2. The van der Waals surface area contributed by atoms with Crippen LogP contribution in [0.5, 0.6) is 0 Å². The van der Waals surface area contributed by atoms with Gasteiger partial charge in [-0.1, -0.05) is 57.9 Å². The van der Waals surface area contributed by atoms with Gasteiger partial charge in [0.1, 0.15) is 5.54 Å². The average Bonchev–Trinajstić information content (AvgIpc) is 2.95. The molecule has 1 saturated heterocycles. The lowest BCUT2D eigenvalue weighted by Gasteiger charge is -2.39. The fraction of sp³-hybridized carbons (Fsp3) is 0.652. The molecule has 1 aromatic carbocycles. The maximum Gasteiger partial charge on any atom is 0.245 e. The van der Waals surface area contributed by atoms with Gasteiger partial charge in [0.25, 0.3) is 0 Å². The molecule has 4 nitrogen and oxygen atoms in total. The molecule has 0 aromatic heterocycles. The Kier molecular flexibility index (Phi) is 5.92. The van der Waals surface area contributed by atoms with Gasteiger partial charge in [-0.25, -0.2) is 0 Å². The second-order valence-electron chi connectivity index (χ2n) is 8.77. The van der Waals surface area contributed by atoms with Crippen molar-refractivity contribution < 1.29 is 9.59 Å². The van der Waals surface area contributed by atoms with Crippen molar-refractivity contribution in [1.29, 1.82) is 0 Å². The molecule has 0 radical (unpaired) electrons. The fourth-order valence-corrected chi connectivity index (χ4v) is 4.57. The second-order valence-corrected chi connectivity index (χ2v) is 8.77. The predicted octanol–water partition coefficient (Wildman–Crippen LogP) is 4.07. The highest BCUT2D eigenvalue weighted by molar-refractivity contribution is 5.94. The molecule has 2 amide bonds. The molecule has 148 valence electrons. The van der Waals surface area contributed by atoms with E-state index in [2.05, 4.69) is 50.4 Å². The number of benzene rings is 1. The summed E-state index contributed by atoms with van der Waals surface area (Å²) in [7, 11) is 0. The molecular weight excluding hydrogens is 336 g/mol. The van der Waals surface area contributed by atoms with E-state index < -0.39 is 5.54 Å². The topological polar surface area (TPSA) is 49.4 Å². The van der Waals surface area contributed by atoms with Gasteiger partial charge in [-0.15, -0.1) is 0 Å². The minimum absolute atomic E-state index is 0.0180. The number of hydrogen-bond donors (Lipinski definition) is 1. The van der Waals surface area contributed by atoms with Crippen LogP contribution in [0.25, 0.3) is 0 Å². The van der Waals surface area contributed by atoms with E-state index in [-0.39, 0.29) is 17.9 Å². The molecule has 1 aliphatic heterocycles. The van der Waals surface area contributed by atoms with E-state index in [4.69, 9.17) is 0 Å². The number of aryl methyl sites for hydroxylation is 1. The number of nitrogens with zero attached hydrogens (tertiary/aromatic N) is 1. The molecule has 1 aliphatic carbocycles. The van der Waals surface area contributed by atoms with E-state index in [1.807, 2.05) is 6.92 Å². The fourth-order valence-electron chi connectivity index (χ4n) is 4.57. The Bertz CT molecular complexity index is 684. The van der Waals surface area contributed by atoms with Crippen molar-refractivity contribution >= 4 is 11.8 Å². The van der Waals surface area contributed by atoms with Crippen LogP contribution in [-0.2, 0) is 22.6 Å². The number of rotatable bonds is 5. The van der Waals surface area contributed by atoms with Gasteiger partial charge in [0.2, 0.25) is 11.8 Å². The Morgan fingerprint density at radius 1 is 1.19 bits per heavy atom. The van der Waals surface area contributed by atoms with Crippen LogP contribution in [0.2, 0.25) is 0 Å². The molecule has 3 rings (SSSR count). The van der Waals surface area contributed by atoms with Crippen molar-refractivity contribution in [2.45, 2.75) is 84.3 Å². The molecular formula is C23H34N2O2. The smallest absolute Gasteiger partial charge is 0.245 e. The van der Waals surface area contributed by atoms with Gasteiger partial charge >= 0.3 is 0 Å². The van der Waals surface area contributed by atoms with E-state index in [0.29, 0.717) is 31.2 Å². The van der Waals surface area contributed by atoms with Gasteiger partial charge in [-0.05, 0) is 49.1 Å². The van der Waals surface area contributed by atoms with Gasteiger partial charge in [-0.3, -0.25) is 9.59 Å². The summed E-state index contributed by atoms with van der Waals surface area (Å²) in [6, 6.07) is 8.59. The van der Waals surface area contributed by atoms with Crippen molar-refractivity contribution in [3.63, 3.8) is 0 Å². The van der Waals surface area contributed by atoms with Crippen LogP contribution in [0.15, 0.2) is 24.3 Å². The molecule has 1 heterocycles. The van der Waals surface area contributed by atoms with Gasteiger partial charge in [0.05, 0.1) is 0 Å². The van der Waals surface area contributed by atoms with E-state index in [1.54, 1.807) is 4.90 Å². The molecule has 1 aromatic rings. The Balaban J connectivity index is 1.73. The summed E-state index contributed by atoms with van der Waals surface area (Å²) in [5.41, 5.74) is 1.62. The van der Waals surface area contributed by atoms with Gasteiger partial charge < -0.3 is 10.2 Å². The minimum atomic E-state index is -0.749. The highest BCUT2D eigenvalue weighted by Gasteiger charge is 2.48. The molecule has 1 N–H and O–H groups in total. The first-order chi connectivity index (χ1) is 12.8. The second kappa shape index (κ2) is 8.04. The Morgan fingerprint density at radius 2 is 1.85 bits per heavy atom. The average molecular weight is 371 g/mol. The minimum Gasteiger partial charge on any atom is -0.351 e. The van der Waals surface area contributed by atoms with Crippen LogP contribution >= 0.6 is 0 Å². The van der Waals surface area contributed by atoms with Crippen LogP contribution < -0.4 is 5.32 Å². The summed E-state index contributed by atoms with van der Waals surface area (Å²) in [6.45, 7) is 9.08. The predicted molar refractivity (Wildman–Crippen MR) is 108 cm³/mol. The Hall–Kier alpha value is -1.84. The first kappa shape index (κ1) is 19.9. The molecule has 2 fully saturated rings. The first-order valence-corrected chi connectivity index (χ1v) is 10.5. The van der Waals surface area contributed by atoms with E-state index in [9.17, 15) is 9.59 Å². The largest absolute Gasteiger partial charge is 0.351 e. The van der Waals surface area contributed by atoms with Gasteiger partial charge in [-0.2, -0.15) is 0 Å². The monoisotopic (exact) mass is 370 g/mol. The van der Waals surface area contributed by atoms with Crippen molar-refractivity contribution in [1.82, 2.24) is 10.2 Å². The lowest BCUT2D eigenvalue weighted by molar-refractivity contribution is -0.142. The number of hydrogen-bond acceptors (Lipinski definition) is 2. The molecule has 0 spiro atoms. The van der Waals surface area contributed by atoms with Crippen LogP contribution in [-0.4, -0.2) is 28.3 Å². The standard InChI is InChI=1S/C23H34N2O2/c1-5-18-9-11-19(12-10-18)15-25-21(26)13-14-23(25,4)22(27)24-20-8-6-7-16(2)17(20)3/h9-12,16-17,20H,5-8,13-15H2,1-4H3,(H,24,27). The van der Waals surface area contributed by atoms with E-state index in [0.717, 1.165) is 18.4 Å². The zero-order valence-corrected chi connectivity index (χ0v) is 17.3. The quantitative estimate of drug-likeness (QED) is 0.849. The maximum absolute atomic E-state index is 13.2. The normalized spacial score (nSPS) is 31.2. The first-order valence-electron chi connectivity index (χ1n) is 10.5. The highest BCUT2D eigenvalue weighted by atomic mass is 16.2. The summed E-state index contributed by atoms with van der Waals surface area (Å²) < 4.78 is 0. The molecule has 27 heavy (non-hydrogen) atoms. The van der Waals surface area contributed by atoms with Gasteiger partial charge in [0, 0.05) is 19.0 Å². The third-order valence-electron chi connectivity index (χ3n) is 7.01. The van der Waals surface area contributed by atoms with Crippen LogP contribution in [0.4, 0.5) is 0 Å². The zero-order chi connectivity index (χ0) is 19.6. The third-order valence-corrected chi connectivity index (χ3v) is 7.01. The molecule has 1 saturated carbocycles. The number of nitrogens with one attached hydrogen (secondary N) is 1. The number of amides is 2. The summed E-state index contributed by atoms with van der Waals surface area (Å²) >= 11 is 0. The van der Waals surface area contributed by atoms with E-state index in [1.165, 1.54) is 18.4 Å². The highest BCUT2D eigenvalue weighted by Crippen LogP contribution is 2.34. The molecule has 0 bridgehead atoms. The maximum atomic E-state index is 13.2. The van der Waals surface area contributed by atoms with Crippen LogP contribution in [0.1, 0.15) is 70.9 Å². The Morgan fingerprint density at radius 3 is 2.52 bits per heavy atom. The number of carbonyl (C=O) groups excluding carboxylic acids is 2. The van der Waals surface area contributed by atoms with Crippen molar-refractivity contribution in [2.24, 2.45) is 11.8 Å². The van der Waals surface area contributed by atoms with Crippen molar-refractivity contribution in [2.75, 3.05) is 0 Å². The van der Waals surface area contributed by atoms with Crippen molar-refractivity contribution in [3.05, 3.63) is 35.4 Å². The number of likely N-dealkylation sites (tertiary alicyclic amines) is 1. The summed E-state index contributed by atoms with van der Waals surface area (Å²) in [5, 5.41) is 3.30. The summed E-state index contributed by atoms with van der Waals surface area (Å²) in [5.74, 6) is 1.22. The van der Waals surface area contributed by atoms with Crippen LogP contribution in [0.3, 0.4) is 0 Å². The SMILES string of the molecule is CCc1ccc(CN2C(=O)CCC2(C)C(=O)NC2CCCC(C)C2C)cc1. The molecule has 4 heteroatoms. The summed E-state index contributed by atoms with van der Waals surface area (Å²) in [4.78, 5) is 27.6. The van der Waals surface area contributed by atoms with E-state index >= 15 is 0 Å². The lowest BCUT2D eigenvalue weighted by Crippen LogP contribution is -2.57. The molecule has 4 atom stereocenters. The van der Waals surface area contributed by atoms with Crippen molar-refractivity contribution in [3.8, 4) is 0 Å². The molecule has 4 unspecified atom stereocenters. The van der Waals surface area contributed by atoms with Gasteiger partial charge in [0.15, 0.2) is 0 Å². The zero-order valence-electron chi connectivity index (χ0n) is 17.3. The molecule has 2 aliphatic rings. The van der Waals surface area contributed by atoms with Crippen LogP contribution in [0, 0.1) is 11.8 Å². The third kappa shape index (κ3) is 4.04. The summed E-state index contributed by atoms with van der Waals surface area (Å²) in [6.07, 6.45) is 5.50. The Labute approximate surface area is 163 Å². The lowest BCUT2D eigenvalue weighted by atomic mass is 9.77.